The lowest BCUT2D eigenvalue weighted by molar-refractivity contribution is -0.116. The van der Waals surface area contributed by atoms with Gasteiger partial charge in [-0.05, 0) is 30.5 Å². The van der Waals surface area contributed by atoms with Gasteiger partial charge >= 0.3 is 6.61 Å². The molecule has 3 nitrogen and oxygen atoms in total. The fraction of sp³-hybridized carbons (Fsp3) is 0.250. The van der Waals surface area contributed by atoms with Crippen LogP contribution >= 0.6 is 0 Å². The van der Waals surface area contributed by atoms with E-state index < -0.39 is 6.61 Å². The van der Waals surface area contributed by atoms with E-state index in [0.717, 1.165) is 12.8 Å². The van der Waals surface area contributed by atoms with Crippen LogP contribution in [0.4, 0.5) is 8.78 Å². The number of hydrogen-bond donors (Lipinski definition) is 1. The van der Waals surface area contributed by atoms with Crippen LogP contribution < -0.4 is 10.1 Å². The first-order chi connectivity index (χ1) is 12.1. The van der Waals surface area contributed by atoms with E-state index in [0.29, 0.717) is 12.1 Å². The first kappa shape index (κ1) is 17.1. The average molecular weight is 343 g/mol. The Bertz CT molecular complexity index is 755. The van der Waals surface area contributed by atoms with Gasteiger partial charge in [0.1, 0.15) is 5.75 Å². The number of carbonyl (C=O) groups excluding carboxylic acids is 1. The van der Waals surface area contributed by atoms with Gasteiger partial charge in [0.05, 0.1) is 0 Å². The van der Waals surface area contributed by atoms with E-state index >= 15 is 0 Å². The molecule has 0 spiro atoms. The van der Waals surface area contributed by atoms with Crippen LogP contribution in [0.5, 0.6) is 5.75 Å². The molecule has 0 aliphatic heterocycles. The van der Waals surface area contributed by atoms with Crippen molar-refractivity contribution in [2.75, 3.05) is 6.54 Å². The van der Waals surface area contributed by atoms with Gasteiger partial charge in [0.25, 0.3) is 0 Å². The van der Waals surface area contributed by atoms with Gasteiger partial charge in [-0.15, -0.1) is 0 Å². The second-order valence-electron chi connectivity index (χ2n) is 6.11. The van der Waals surface area contributed by atoms with Crippen molar-refractivity contribution >= 4 is 12.0 Å². The quantitative estimate of drug-likeness (QED) is 0.767. The normalized spacial score (nSPS) is 15.3. The van der Waals surface area contributed by atoms with Crippen molar-refractivity contribution in [1.29, 1.82) is 0 Å². The molecule has 5 heteroatoms. The number of halogens is 2. The number of rotatable bonds is 7. The van der Waals surface area contributed by atoms with Gasteiger partial charge < -0.3 is 10.1 Å². The van der Waals surface area contributed by atoms with Crippen molar-refractivity contribution in [1.82, 2.24) is 5.32 Å². The number of benzene rings is 2. The minimum atomic E-state index is -2.90. The Labute approximate surface area is 145 Å². The fourth-order valence-electron chi connectivity index (χ4n) is 2.81. The van der Waals surface area contributed by atoms with Crippen molar-refractivity contribution in [3.05, 3.63) is 71.8 Å². The highest BCUT2D eigenvalue weighted by Gasteiger charge is 2.44. The molecule has 0 heterocycles. The van der Waals surface area contributed by atoms with Gasteiger partial charge in [0.2, 0.25) is 5.91 Å². The number of nitrogens with one attached hydrogen (secondary N) is 1. The number of carbonyl (C=O) groups is 1. The highest BCUT2D eigenvalue weighted by atomic mass is 19.3. The molecule has 2 aromatic carbocycles. The minimum Gasteiger partial charge on any atom is -0.434 e. The van der Waals surface area contributed by atoms with Crippen LogP contribution in [0.2, 0.25) is 0 Å². The molecule has 0 radical (unpaired) electrons. The summed E-state index contributed by atoms with van der Waals surface area (Å²) in [6, 6.07) is 16.5. The van der Waals surface area contributed by atoms with Gasteiger partial charge in [-0.3, -0.25) is 4.79 Å². The third-order valence-corrected chi connectivity index (χ3v) is 4.39. The largest absolute Gasteiger partial charge is 0.434 e. The van der Waals surface area contributed by atoms with Crippen LogP contribution in [0.15, 0.2) is 60.7 Å². The lowest BCUT2D eigenvalue weighted by atomic mass is 9.96. The van der Waals surface area contributed by atoms with E-state index in [4.69, 9.17) is 0 Å². The summed E-state index contributed by atoms with van der Waals surface area (Å²) in [6.45, 7) is -2.33. The summed E-state index contributed by atoms with van der Waals surface area (Å²) in [7, 11) is 0. The topological polar surface area (TPSA) is 38.3 Å². The summed E-state index contributed by atoms with van der Waals surface area (Å²) in [5, 5.41) is 2.90. The molecule has 1 amide bonds. The van der Waals surface area contributed by atoms with Crippen molar-refractivity contribution in [3.63, 3.8) is 0 Å². The van der Waals surface area contributed by atoms with Crippen LogP contribution in [0.25, 0.3) is 6.08 Å². The van der Waals surface area contributed by atoms with Crippen LogP contribution in [-0.4, -0.2) is 19.1 Å². The summed E-state index contributed by atoms with van der Waals surface area (Å²) in [4.78, 5) is 12.1. The van der Waals surface area contributed by atoms with E-state index in [1.807, 2.05) is 18.2 Å². The second kappa shape index (κ2) is 7.47. The number of para-hydroxylation sites is 1. The summed E-state index contributed by atoms with van der Waals surface area (Å²) < 4.78 is 29.2. The highest BCUT2D eigenvalue weighted by Crippen LogP contribution is 2.47. The first-order valence-electron chi connectivity index (χ1n) is 8.14. The summed E-state index contributed by atoms with van der Waals surface area (Å²) >= 11 is 0. The number of hydrogen-bond acceptors (Lipinski definition) is 2. The van der Waals surface area contributed by atoms with Crippen LogP contribution in [0.3, 0.4) is 0 Å². The molecule has 1 aliphatic rings. The molecular formula is C20H19F2NO2. The van der Waals surface area contributed by atoms with Crippen molar-refractivity contribution in [2.45, 2.75) is 24.9 Å². The maximum Gasteiger partial charge on any atom is 0.387 e. The third-order valence-electron chi connectivity index (χ3n) is 4.39. The summed E-state index contributed by atoms with van der Waals surface area (Å²) in [6.07, 6.45) is 4.92. The Balaban J connectivity index is 1.59. The zero-order chi connectivity index (χ0) is 17.7. The maximum atomic E-state index is 12.4. The molecule has 1 N–H and O–H groups in total. The fourth-order valence-corrected chi connectivity index (χ4v) is 2.81. The predicted molar refractivity (Wildman–Crippen MR) is 92.5 cm³/mol. The number of alkyl halides is 2. The SMILES string of the molecule is O=C(/C=C/c1ccccc1OC(F)F)NCC1(c2ccccc2)CC1. The molecule has 0 aromatic heterocycles. The van der Waals surface area contributed by atoms with Gasteiger partial charge in [-0.1, -0.05) is 48.5 Å². The molecule has 130 valence electrons. The van der Waals surface area contributed by atoms with Crippen molar-refractivity contribution in [2.24, 2.45) is 0 Å². The van der Waals surface area contributed by atoms with E-state index in [9.17, 15) is 13.6 Å². The molecule has 0 saturated heterocycles. The summed E-state index contributed by atoms with van der Waals surface area (Å²) in [5.74, 6) is -0.210. The molecule has 1 fully saturated rings. The van der Waals surface area contributed by atoms with E-state index in [2.05, 4.69) is 22.2 Å². The zero-order valence-electron chi connectivity index (χ0n) is 13.6. The zero-order valence-corrected chi connectivity index (χ0v) is 13.6. The molecule has 0 atom stereocenters. The Hall–Kier alpha value is -2.69. The smallest absolute Gasteiger partial charge is 0.387 e. The standard InChI is InChI=1S/C20H19F2NO2/c21-19(22)25-17-9-5-4-6-15(17)10-11-18(24)23-14-20(12-13-20)16-7-2-1-3-8-16/h1-11,19H,12-14H2,(H,23,24)/b11-10+. The van der Waals surface area contributed by atoms with Crippen molar-refractivity contribution < 1.29 is 18.3 Å². The van der Waals surface area contributed by atoms with Crippen LogP contribution in [0.1, 0.15) is 24.0 Å². The predicted octanol–water partition coefficient (Wildman–Crippen LogP) is 4.15. The molecule has 3 rings (SSSR count). The number of amides is 1. The molecule has 25 heavy (non-hydrogen) atoms. The molecule has 0 bridgehead atoms. The molecule has 0 unspecified atom stereocenters. The summed E-state index contributed by atoms with van der Waals surface area (Å²) in [5.41, 5.74) is 1.69. The Morgan fingerprint density at radius 3 is 2.48 bits per heavy atom. The average Bonchev–Trinajstić information content (AvgIpc) is 3.41. The minimum absolute atomic E-state index is 0.0292. The number of ether oxygens (including phenoxy) is 1. The first-order valence-corrected chi connectivity index (χ1v) is 8.14. The Kier molecular flexibility index (Phi) is 5.12. The maximum absolute atomic E-state index is 12.4. The van der Waals surface area contributed by atoms with Crippen LogP contribution in [0, 0.1) is 0 Å². The third kappa shape index (κ3) is 4.44. The van der Waals surface area contributed by atoms with Crippen LogP contribution in [-0.2, 0) is 10.2 Å². The molecular weight excluding hydrogens is 324 g/mol. The van der Waals surface area contributed by atoms with Crippen molar-refractivity contribution in [3.8, 4) is 5.75 Å². The Morgan fingerprint density at radius 2 is 1.80 bits per heavy atom. The second-order valence-corrected chi connectivity index (χ2v) is 6.11. The monoisotopic (exact) mass is 343 g/mol. The van der Waals surface area contributed by atoms with E-state index in [-0.39, 0.29) is 17.1 Å². The van der Waals surface area contributed by atoms with Gasteiger partial charge in [0.15, 0.2) is 0 Å². The van der Waals surface area contributed by atoms with Gasteiger partial charge in [-0.25, -0.2) is 0 Å². The van der Waals surface area contributed by atoms with E-state index in [1.165, 1.54) is 23.8 Å². The molecule has 1 saturated carbocycles. The molecule has 1 aliphatic carbocycles. The lowest BCUT2D eigenvalue weighted by Gasteiger charge is -2.15. The van der Waals surface area contributed by atoms with Gasteiger partial charge in [-0.2, -0.15) is 8.78 Å². The van der Waals surface area contributed by atoms with Gasteiger partial charge in [0, 0.05) is 23.6 Å². The highest BCUT2D eigenvalue weighted by molar-refractivity contribution is 5.92. The molecule has 2 aromatic rings. The Morgan fingerprint density at radius 1 is 1.12 bits per heavy atom. The van der Waals surface area contributed by atoms with E-state index in [1.54, 1.807) is 18.2 Å². The lowest BCUT2D eigenvalue weighted by Crippen LogP contribution is -2.30.